The second-order valence-corrected chi connectivity index (χ2v) is 7.17. The van der Waals surface area contributed by atoms with E-state index in [1.807, 2.05) is 22.8 Å². The topological polar surface area (TPSA) is 67.2 Å². The molecule has 23 heavy (non-hydrogen) atoms. The summed E-state index contributed by atoms with van der Waals surface area (Å²) < 4.78 is 1.98. The van der Waals surface area contributed by atoms with Crippen LogP contribution in [0.15, 0.2) is 11.4 Å². The summed E-state index contributed by atoms with van der Waals surface area (Å²) in [5, 5.41) is 3.89. The monoisotopic (exact) mass is 336 g/mol. The van der Waals surface area contributed by atoms with Gasteiger partial charge in [0.25, 0.3) is 0 Å². The lowest BCUT2D eigenvalue weighted by molar-refractivity contribution is -0.130. The van der Waals surface area contributed by atoms with Gasteiger partial charge in [0.15, 0.2) is 5.16 Å². The first-order valence-electron chi connectivity index (χ1n) is 8.22. The molecule has 2 fully saturated rings. The van der Waals surface area contributed by atoms with E-state index in [1.165, 1.54) is 12.8 Å². The van der Waals surface area contributed by atoms with E-state index >= 15 is 0 Å². The van der Waals surface area contributed by atoms with Crippen molar-refractivity contribution in [2.24, 2.45) is 13.0 Å². The molecule has 2 aliphatic rings. The van der Waals surface area contributed by atoms with Crippen molar-refractivity contribution >= 4 is 23.6 Å². The van der Waals surface area contributed by atoms with E-state index in [0.717, 1.165) is 23.7 Å². The van der Waals surface area contributed by atoms with Crippen molar-refractivity contribution in [1.82, 2.24) is 19.8 Å². The number of rotatable bonds is 5. The quantitative estimate of drug-likeness (QED) is 0.829. The van der Waals surface area contributed by atoms with E-state index in [0.29, 0.717) is 25.6 Å². The lowest BCUT2D eigenvalue weighted by Crippen LogP contribution is -2.37. The highest BCUT2D eigenvalue weighted by Crippen LogP contribution is 2.29. The van der Waals surface area contributed by atoms with E-state index in [-0.39, 0.29) is 17.7 Å². The van der Waals surface area contributed by atoms with Crippen LogP contribution in [-0.2, 0) is 23.2 Å². The van der Waals surface area contributed by atoms with Crippen LogP contribution in [0.2, 0.25) is 0 Å². The van der Waals surface area contributed by atoms with Crippen molar-refractivity contribution in [1.29, 1.82) is 0 Å². The van der Waals surface area contributed by atoms with Crippen molar-refractivity contribution in [3.63, 3.8) is 0 Å². The Balaban J connectivity index is 1.54. The Labute approximate surface area is 141 Å². The van der Waals surface area contributed by atoms with Gasteiger partial charge in [-0.05, 0) is 19.1 Å². The molecule has 1 aliphatic carbocycles. The fourth-order valence-corrected chi connectivity index (χ4v) is 4.13. The molecule has 1 atom stereocenters. The number of imidazole rings is 1. The SMILES string of the molecule is CSc1ncc(CNC(=O)C2CC(=O)N(C3CCCC3)C2)n1C. The zero-order valence-corrected chi connectivity index (χ0v) is 14.6. The predicted octanol–water partition coefficient (Wildman–Crippen LogP) is 1.55. The van der Waals surface area contributed by atoms with Gasteiger partial charge in [0.1, 0.15) is 0 Å². The van der Waals surface area contributed by atoms with Crippen molar-refractivity contribution < 1.29 is 9.59 Å². The number of nitrogens with zero attached hydrogens (tertiary/aromatic N) is 3. The lowest BCUT2D eigenvalue weighted by atomic mass is 10.1. The van der Waals surface area contributed by atoms with Crippen LogP contribution in [0.25, 0.3) is 0 Å². The van der Waals surface area contributed by atoms with Gasteiger partial charge in [-0.1, -0.05) is 24.6 Å². The Morgan fingerprint density at radius 1 is 1.43 bits per heavy atom. The van der Waals surface area contributed by atoms with E-state index < -0.39 is 0 Å². The fraction of sp³-hybridized carbons (Fsp3) is 0.688. The van der Waals surface area contributed by atoms with Gasteiger partial charge in [-0.2, -0.15) is 0 Å². The number of hydrogen-bond donors (Lipinski definition) is 1. The highest BCUT2D eigenvalue weighted by molar-refractivity contribution is 7.98. The maximum atomic E-state index is 12.4. The maximum absolute atomic E-state index is 12.4. The summed E-state index contributed by atoms with van der Waals surface area (Å²) in [7, 11) is 1.95. The molecule has 0 spiro atoms. The first kappa shape index (κ1) is 16.4. The number of hydrogen-bond acceptors (Lipinski definition) is 4. The molecular weight excluding hydrogens is 312 g/mol. The molecule has 1 aromatic rings. The van der Waals surface area contributed by atoms with Crippen LogP contribution < -0.4 is 5.32 Å². The highest BCUT2D eigenvalue weighted by atomic mass is 32.2. The zero-order chi connectivity index (χ0) is 16.4. The number of aromatic nitrogens is 2. The van der Waals surface area contributed by atoms with Crippen LogP contribution in [0.4, 0.5) is 0 Å². The van der Waals surface area contributed by atoms with Crippen LogP contribution in [0, 0.1) is 5.92 Å². The van der Waals surface area contributed by atoms with Crippen LogP contribution in [0.3, 0.4) is 0 Å². The van der Waals surface area contributed by atoms with Crippen LogP contribution in [-0.4, -0.2) is 45.1 Å². The van der Waals surface area contributed by atoms with Gasteiger partial charge in [-0.3, -0.25) is 9.59 Å². The molecule has 0 aromatic carbocycles. The number of nitrogens with one attached hydrogen (secondary N) is 1. The summed E-state index contributed by atoms with van der Waals surface area (Å²) in [6, 6.07) is 0.363. The van der Waals surface area contributed by atoms with Gasteiger partial charge in [0, 0.05) is 26.1 Å². The van der Waals surface area contributed by atoms with E-state index in [4.69, 9.17) is 0 Å². The molecule has 1 unspecified atom stereocenters. The molecule has 1 saturated heterocycles. The summed E-state index contributed by atoms with van der Waals surface area (Å²) in [6.07, 6.45) is 8.69. The Hall–Kier alpha value is -1.50. The van der Waals surface area contributed by atoms with Gasteiger partial charge >= 0.3 is 0 Å². The van der Waals surface area contributed by atoms with Crippen molar-refractivity contribution in [3.05, 3.63) is 11.9 Å². The molecule has 7 heteroatoms. The largest absolute Gasteiger partial charge is 0.350 e. The van der Waals surface area contributed by atoms with Gasteiger partial charge in [-0.15, -0.1) is 0 Å². The molecule has 0 bridgehead atoms. The van der Waals surface area contributed by atoms with Crippen LogP contribution in [0.1, 0.15) is 37.8 Å². The van der Waals surface area contributed by atoms with Gasteiger partial charge in [-0.25, -0.2) is 4.98 Å². The van der Waals surface area contributed by atoms with Gasteiger partial charge in [0.05, 0.1) is 24.4 Å². The Morgan fingerprint density at radius 2 is 2.17 bits per heavy atom. The average molecular weight is 336 g/mol. The minimum Gasteiger partial charge on any atom is -0.350 e. The highest BCUT2D eigenvalue weighted by Gasteiger charge is 2.38. The molecule has 1 aromatic heterocycles. The smallest absolute Gasteiger partial charge is 0.225 e. The molecule has 1 saturated carbocycles. The summed E-state index contributed by atoms with van der Waals surface area (Å²) >= 11 is 1.58. The Bertz CT molecular complexity index is 595. The van der Waals surface area contributed by atoms with Gasteiger partial charge in [0.2, 0.25) is 11.8 Å². The van der Waals surface area contributed by atoms with Crippen molar-refractivity contribution in [3.8, 4) is 0 Å². The first-order valence-corrected chi connectivity index (χ1v) is 9.44. The maximum Gasteiger partial charge on any atom is 0.225 e. The second kappa shape index (κ2) is 6.95. The summed E-state index contributed by atoms with van der Waals surface area (Å²) in [6.45, 7) is 1.04. The molecule has 1 N–H and O–H groups in total. The fourth-order valence-electron chi connectivity index (χ4n) is 3.58. The summed E-state index contributed by atoms with van der Waals surface area (Å²) in [5.74, 6) is -0.0932. The third-order valence-corrected chi connectivity index (χ3v) is 5.71. The molecule has 1 aliphatic heterocycles. The standard InChI is InChI=1S/C16H24N4O2S/c1-19-13(9-18-16(19)23-2)8-17-15(22)11-7-14(21)20(10-11)12-5-3-4-6-12/h9,11-12H,3-8,10H2,1-2H3,(H,17,22). The van der Waals surface area contributed by atoms with E-state index in [1.54, 1.807) is 18.0 Å². The first-order chi connectivity index (χ1) is 11.1. The molecule has 0 radical (unpaired) electrons. The number of carbonyl (C=O) groups is 2. The summed E-state index contributed by atoms with van der Waals surface area (Å²) in [5.41, 5.74) is 0.972. The number of thioether (sulfide) groups is 1. The van der Waals surface area contributed by atoms with E-state index in [9.17, 15) is 9.59 Å². The van der Waals surface area contributed by atoms with Crippen molar-refractivity contribution in [2.75, 3.05) is 12.8 Å². The predicted molar refractivity (Wildman–Crippen MR) is 88.9 cm³/mol. The number of amides is 2. The molecule has 6 nitrogen and oxygen atoms in total. The normalized spacial score (nSPS) is 22.1. The lowest BCUT2D eigenvalue weighted by Gasteiger charge is -2.23. The molecule has 3 rings (SSSR count). The third-order valence-electron chi connectivity index (χ3n) is 4.96. The minimum absolute atomic E-state index is 0.0225. The summed E-state index contributed by atoms with van der Waals surface area (Å²) in [4.78, 5) is 30.8. The molecule has 2 heterocycles. The molecule has 2 amide bonds. The molecular formula is C16H24N4O2S. The number of likely N-dealkylation sites (tertiary alicyclic amines) is 1. The Morgan fingerprint density at radius 3 is 2.83 bits per heavy atom. The van der Waals surface area contributed by atoms with Crippen molar-refractivity contribution in [2.45, 2.75) is 49.8 Å². The zero-order valence-electron chi connectivity index (χ0n) is 13.7. The number of carbonyl (C=O) groups excluding carboxylic acids is 2. The van der Waals surface area contributed by atoms with Crippen LogP contribution >= 0.6 is 11.8 Å². The van der Waals surface area contributed by atoms with E-state index in [2.05, 4.69) is 10.3 Å². The third kappa shape index (κ3) is 3.39. The Kier molecular flexibility index (Phi) is 4.94. The minimum atomic E-state index is -0.212. The van der Waals surface area contributed by atoms with Crippen LogP contribution in [0.5, 0.6) is 0 Å². The van der Waals surface area contributed by atoms with Gasteiger partial charge < -0.3 is 14.8 Å². The average Bonchev–Trinajstić information content (AvgIpc) is 3.25. The second-order valence-electron chi connectivity index (χ2n) is 6.40. The molecule has 126 valence electrons.